The van der Waals surface area contributed by atoms with E-state index in [4.69, 9.17) is 4.74 Å². The normalized spacial score (nSPS) is 25.0. The van der Waals surface area contributed by atoms with Crippen LogP contribution in [-0.2, 0) is 14.3 Å². The quantitative estimate of drug-likeness (QED) is 0.779. The fourth-order valence-electron chi connectivity index (χ4n) is 4.90. The zero-order chi connectivity index (χ0) is 19.1. The average molecular weight is 400 g/mol. The van der Waals surface area contributed by atoms with Crippen molar-refractivity contribution < 1.29 is 14.3 Å². The molecule has 1 unspecified atom stereocenters. The summed E-state index contributed by atoms with van der Waals surface area (Å²) in [4.78, 5) is 34.2. The molecule has 3 fully saturated rings. The number of carbonyl (C=O) groups is 2. The van der Waals surface area contributed by atoms with Gasteiger partial charge >= 0.3 is 0 Å². The summed E-state index contributed by atoms with van der Waals surface area (Å²) in [6.07, 6.45) is 4.60. The number of hydrogen-bond acceptors (Lipinski definition) is 5. The van der Waals surface area contributed by atoms with Crippen LogP contribution in [0.2, 0.25) is 0 Å². The molecule has 3 aliphatic rings. The number of fused-ring (bicyclic) bond motifs is 1. The molecule has 3 aliphatic heterocycles. The second-order valence-corrected chi connectivity index (χ2v) is 9.35. The molecule has 3 saturated heterocycles. The number of aromatic nitrogens is 1. The molecular weight excluding hydrogens is 374 g/mol. The largest absolute Gasteiger partial charge is 0.381 e. The van der Waals surface area contributed by atoms with E-state index in [0.717, 1.165) is 55.8 Å². The van der Waals surface area contributed by atoms with Gasteiger partial charge < -0.3 is 9.64 Å². The average Bonchev–Trinajstić information content (AvgIpc) is 3.31. The van der Waals surface area contributed by atoms with Crippen molar-refractivity contribution in [3.63, 3.8) is 0 Å². The lowest BCUT2D eigenvalue weighted by atomic mass is 9.73. The van der Waals surface area contributed by atoms with E-state index < -0.39 is 0 Å². The van der Waals surface area contributed by atoms with Gasteiger partial charge in [0.1, 0.15) is 0 Å². The zero-order valence-electron chi connectivity index (χ0n) is 15.9. The van der Waals surface area contributed by atoms with Crippen molar-refractivity contribution >= 4 is 38.5 Å². The van der Waals surface area contributed by atoms with E-state index in [-0.39, 0.29) is 23.1 Å². The van der Waals surface area contributed by atoms with E-state index in [2.05, 4.69) is 4.98 Å². The van der Waals surface area contributed by atoms with Crippen LogP contribution >= 0.6 is 11.3 Å². The third-order valence-corrected chi connectivity index (χ3v) is 7.57. The summed E-state index contributed by atoms with van der Waals surface area (Å²) in [6, 6.07) is 7.90. The Morgan fingerprint density at radius 3 is 2.86 bits per heavy atom. The molecule has 1 spiro atoms. The maximum atomic E-state index is 13.2. The summed E-state index contributed by atoms with van der Waals surface area (Å²) in [5, 5.41) is 0.709. The fourth-order valence-corrected chi connectivity index (χ4v) is 5.89. The number of nitrogens with zero attached hydrogens (tertiary/aromatic N) is 3. The number of thiazole rings is 1. The van der Waals surface area contributed by atoms with Crippen LogP contribution in [0, 0.1) is 11.3 Å². The van der Waals surface area contributed by atoms with Gasteiger partial charge in [-0.25, -0.2) is 4.98 Å². The molecule has 1 aromatic heterocycles. The predicted molar refractivity (Wildman–Crippen MR) is 108 cm³/mol. The topological polar surface area (TPSA) is 62.7 Å². The lowest BCUT2D eigenvalue weighted by molar-refractivity contribution is -0.141. The van der Waals surface area contributed by atoms with E-state index >= 15 is 0 Å². The van der Waals surface area contributed by atoms with Crippen LogP contribution in [0.25, 0.3) is 10.2 Å². The van der Waals surface area contributed by atoms with Crippen LogP contribution < -0.4 is 4.90 Å². The molecule has 0 aliphatic carbocycles. The van der Waals surface area contributed by atoms with Gasteiger partial charge in [-0.05, 0) is 43.2 Å². The van der Waals surface area contributed by atoms with Crippen molar-refractivity contribution in [1.82, 2.24) is 9.88 Å². The lowest BCUT2D eigenvalue weighted by Gasteiger charge is -2.45. The Balaban J connectivity index is 1.30. The number of likely N-dealkylation sites (tertiary alicyclic amines) is 1. The number of para-hydroxylation sites is 1. The van der Waals surface area contributed by atoms with Crippen molar-refractivity contribution in [2.75, 3.05) is 37.7 Å². The van der Waals surface area contributed by atoms with E-state index in [1.807, 2.05) is 29.2 Å². The zero-order valence-corrected chi connectivity index (χ0v) is 16.7. The first-order chi connectivity index (χ1) is 13.6. The van der Waals surface area contributed by atoms with Crippen molar-refractivity contribution in [3.8, 4) is 0 Å². The molecular formula is C21H25N3O3S. The highest BCUT2D eigenvalue weighted by atomic mass is 32.1. The lowest BCUT2D eigenvalue weighted by Crippen LogP contribution is -2.50. The second-order valence-electron chi connectivity index (χ2n) is 8.35. The van der Waals surface area contributed by atoms with Gasteiger partial charge in [-0.3, -0.25) is 14.5 Å². The van der Waals surface area contributed by atoms with Gasteiger partial charge in [0.2, 0.25) is 11.8 Å². The highest BCUT2D eigenvalue weighted by molar-refractivity contribution is 7.22. The highest BCUT2D eigenvalue weighted by Crippen LogP contribution is 2.40. The smallest absolute Gasteiger partial charge is 0.229 e. The van der Waals surface area contributed by atoms with E-state index in [1.54, 1.807) is 4.90 Å². The molecule has 5 rings (SSSR count). The molecule has 2 amide bonds. The van der Waals surface area contributed by atoms with Crippen LogP contribution in [0.3, 0.4) is 0 Å². The summed E-state index contributed by atoms with van der Waals surface area (Å²) in [5.74, 6) is -0.104. The van der Waals surface area contributed by atoms with Gasteiger partial charge in [-0.1, -0.05) is 23.5 Å². The highest BCUT2D eigenvalue weighted by Gasteiger charge is 2.43. The van der Waals surface area contributed by atoms with Crippen LogP contribution in [0.1, 0.15) is 32.1 Å². The van der Waals surface area contributed by atoms with Gasteiger partial charge in [-0.15, -0.1) is 0 Å². The van der Waals surface area contributed by atoms with Crippen molar-refractivity contribution in [3.05, 3.63) is 24.3 Å². The minimum atomic E-state index is -0.255. The Morgan fingerprint density at radius 2 is 2.04 bits per heavy atom. The Bertz CT molecular complexity index is 867. The first kappa shape index (κ1) is 18.1. The van der Waals surface area contributed by atoms with E-state index in [0.29, 0.717) is 18.1 Å². The van der Waals surface area contributed by atoms with Crippen LogP contribution in [-0.4, -0.2) is 54.5 Å². The van der Waals surface area contributed by atoms with Gasteiger partial charge in [0.25, 0.3) is 0 Å². The predicted octanol–water partition coefficient (Wildman–Crippen LogP) is 3.07. The monoisotopic (exact) mass is 399 g/mol. The molecule has 0 radical (unpaired) electrons. The van der Waals surface area contributed by atoms with Crippen molar-refractivity contribution in [2.45, 2.75) is 32.1 Å². The number of rotatable bonds is 2. The summed E-state index contributed by atoms with van der Waals surface area (Å²) in [5.41, 5.74) is 1.13. The molecule has 2 aromatic rings. The van der Waals surface area contributed by atoms with Gasteiger partial charge in [0.05, 0.1) is 16.1 Å². The van der Waals surface area contributed by atoms with Gasteiger partial charge in [0.15, 0.2) is 5.13 Å². The molecule has 0 N–H and O–H groups in total. The number of benzene rings is 1. The minimum absolute atomic E-state index is 0.00944. The van der Waals surface area contributed by atoms with Gasteiger partial charge in [0, 0.05) is 39.3 Å². The number of amides is 2. The van der Waals surface area contributed by atoms with E-state index in [9.17, 15) is 9.59 Å². The maximum absolute atomic E-state index is 13.2. The summed E-state index contributed by atoms with van der Waals surface area (Å²) in [6.45, 7) is 3.68. The van der Waals surface area contributed by atoms with Crippen LogP contribution in [0.15, 0.2) is 24.3 Å². The molecule has 0 bridgehead atoms. The summed E-state index contributed by atoms with van der Waals surface area (Å²) >= 11 is 1.52. The Kier molecular flexibility index (Phi) is 4.59. The third kappa shape index (κ3) is 3.20. The molecule has 1 aromatic carbocycles. The van der Waals surface area contributed by atoms with Crippen LogP contribution in [0.5, 0.6) is 0 Å². The van der Waals surface area contributed by atoms with Gasteiger partial charge in [-0.2, -0.15) is 0 Å². The minimum Gasteiger partial charge on any atom is -0.381 e. The van der Waals surface area contributed by atoms with Crippen molar-refractivity contribution in [1.29, 1.82) is 0 Å². The Morgan fingerprint density at radius 1 is 1.21 bits per heavy atom. The molecule has 148 valence electrons. The molecule has 7 heteroatoms. The Hall–Kier alpha value is -1.99. The Labute approximate surface area is 168 Å². The molecule has 4 heterocycles. The number of hydrogen-bond donors (Lipinski definition) is 0. The number of piperidine rings is 1. The summed E-state index contributed by atoms with van der Waals surface area (Å²) < 4.78 is 6.60. The first-order valence-electron chi connectivity index (χ1n) is 10.2. The number of anilines is 1. The number of carbonyl (C=O) groups excluding carboxylic acids is 2. The molecule has 1 atom stereocenters. The summed E-state index contributed by atoms with van der Waals surface area (Å²) in [7, 11) is 0. The number of ether oxygens (including phenoxy) is 1. The van der Waals surface area contributed by atoms with Crippen LogP contribution in [0.4, 0.5) is 5.13 Å². The standard InChI is InChI=1S/C21H25N3O3S/c25-18-12-15(13-24(18)20-22-16-4-1-2-5-17(16)28-20)19(26)23-9-3-6-21(14-23)7-10-27-11-8-21/h1-2,4-5,15H,3,6-14H2. The fraction of sp³-hybridized carbons (Fsp3) is 0.571. The third-order valence-electron chi connectivity index (χ3n) is 6.51. The maximum Gasteiger partial charge on any atom is 0.229 e. The molecule has 28 heavy (non-hydrogen) atoms. The molecule has 0 saturated carbocycles. The second kappa shape index (κ2) is 7.12. The molecule has 6 nitrogen and oxygen atoms in total. The van der Waals surface area contributed by atoms with E-state index in [1.165, 1.54) is 17.8 Å². The SMILES string of the molecule is O=C(C1CC(=O)N(c2nc3ccccc3s2)C1)N1CCCC2(CCOCC2)C1. The first-order valence-corrected chi connectivity index (χ1v) is 11.0. The van der Waals surface area contributed by atoms with Crippen molar-refractivity contribution in [2.24, 2.45) is 11.3 Å².